The molecule has 1 saturated heterocycles. The fraction of sp³-hybridized carbons (Fsp3) is 0.455. The van der Waals surface area contributed by atoms with E-state index in [1.807, 2.05) is 0 Å². The van der Waals surface area contributed by atoms with Gasteiger partial charge < -0.3 is 9.42 Å². The molecule has 12 heteroatoms. The number of allylic oxidation sites excluding steroid dienone is 1. The van der Waals surface area contributed by atoms with Crippen LogP contribution in [0.25, 0.3) is 11.3 Å². The van der Waals surface area contributed by atoms with Crippen LogP contribution in [0.2, 0.25) is 5.02 Å². The maximum absolute atomic E-state index is 15.0. The number of sulfonamides is 1. The number of hydrogen-bond donors (Lipinski definition) is 0. The van der Waals surface area contributed by atoms with E-state index in [4.69, 9.17) is 16.1 Å². The Morgan fingerprint density at radius 2 is 1.82 bits per heavy atom. The van der Waals surface area contributed by atoms with E-state index < -0.39 is 21.7 Å². The van der Waals surface area contributed by atoms with Crippen LogP contribution in [-0.4, -0.2) is 79.4 Å². The molecule has 2 heterocycles. The average Bonchev–Trinajstić information content (AvgIpc) is 3.39. The quantitative estimate of drug-likeness (QED) is 0.261. The molecular formula is C33H37ClF2N4O4S. The van der Waals surface area contributed by atoms with Gasteiger partial charge in [0.1, 0.15) is 28.7 Å². The van der Waals surface area contributed by atoms with E-state index in [0.29, 0.717) is 44.6 Å². The van der Waals surface area contributed by atoms with Crippen LogP contribution in [0.15, 0.2) is 63.5 Å². The second-order valence-corrected chi connectivity index (χ2v) is 15.2. The third kappa shape index (κ3) is 5.95. The van der Waals surface area contributed by atoms with Crippen molar-refractivity contribution in [3.05, 3.63) is 82.1 Å². The first-order valence-corrected chi connectivity index (χ1v) is 17.1. The van der Waals surface area contributed by atoms with Gasteiger partial charge in [-0.15, -0.1) is 0 Å². The number of aryl methyl sites for hydroxylation is 1. The molecule has 1 aliphatic heterocycles. The maximum atomic E-state index is 15.0. The number of aromatic nitrogens is 1. The smallest absolute Gasteiger partial charge is 0.260 e. The van der Waals surface area contributed by atoms with Crippen LogP contribution >= 0.6 is 11.6 Å². The highest BCUT2D eigenvalue weighted by Gasteiger charge is 2.51. The highest BCUT2D eigenvalue weighted by molar-refractivity contribution is 7.89. The van der Waals surface area contributed by atoms with Crippen molar-refractivity contribution in [2.45, 2.75) is 38.5 Å². The molecule has 1 saturated carbocycles. The van der Waals surface area contributed by atoms with Gasteiger partial charge in [0.15, 0.2) is 0 Å². The number of carbonyl (C=O) groups is 1. The van der Waals surface area contributed by atoms with Crippen molar-refractivity contribution in [2.75, 3.05) is 45.8 Å². The Balaban J connectivity index is 1.21. The molecule has 2 bridgehead atoms. The number of carbonyl (C=O) groups excluding carboxylic acids is 1. The van der Waals surface area contributed by atoms with Crippen LogP contribution in [0, 0.1) is 35.8 Å². The zero-order valence-corrected chi connectivity index (χ0v) is 27.2. The van der Waals surface area contributed by atoms with Crippen molar-refractivity contribution >= 4 is 27.5 Å². The summed E-state index contributed by atoms with van der Waals surface area (Å²) in [5.74, 6) is -0.0969. The second-order valence-electron chi connectivity index (χ2n) is 12.8. The molecule has 2 aromatic carbocycles. The van der Waals surface area contributed by atoms with Crippen molar-refractivity contribution in [1.29, 1.82) is 0 Å². The van der Waals surface area contributed by atoms with Gasteiger partial charge in [-0.1, -0.05) is 48.3 Å². The lowest BCUT2D eigenvalue weighted by Gasteiger charge is -2.57. The normalized spacial score (nSPS) is 21.7. The first-order chi connectivity index (χ1) is 21.4. The molecule has 1 amide bonds. The minimum Gasteiger partial charge on any atom is -0.360 e. The second kappa shape index (κ2) is 12.2. The Morgan fingerprint density at radius 1 is 1.11 bits per heavy atom. The van der Waals surface area contributed by atoms with E-state index in [1.54, 1.807) is 17.9 Å². The fourth-order valence-corrected chi connectivity index (χ4v) is 8.69. The predicted octanol–water partition coefficient (Wildman–Crippen LogP) is 6.02. The van der Waals surface area contributed by atoms with Gasteiger partial charge in [-0.2, -0.15) is 4.31 Å². The summed E-state index contributed by atoms with van der Waals surface area (Å²) in [4.78, 5) is 18.3. The largest absolute Gasteiger partial charge is 0.360 e. The molecule has 1 aromatic heterocycles. The molecule has 0 spiro atoms. The first kappa shape index (κ1) is 31.8. The molecule has 8 nitrogen and oxygen atoms in total. The summed E-state index contributed by atoms with van der Waals surface area (Å²) in [5, 5.41) is 4.19. The minimum absolute atomic E-state index is 0.0256. The fourth-order valence-electron chi connectivity index (χ4n) is 7.02. The number of nitrogens with zero attached hydrogens (tertiary/aromatic N) is 4. The first-order valence-electron chi connectivity index (χ1n) is 15.2. The van der Waals surface area contributed by atoms with Gasteiger partial charge in [-0.05, 0) is 73.4 Å². The highest BCUT2D eigenvalue weighted by Crippen LogP contribution is 2.59. The van der Waals surface area contributed by atoms with Gasteiger partial charge >= 0.3 is 0 Å². The Hall–Kier alpha value is -3.12. The summed E-state index contributed by atoms with van der Waals surface area (Å²) in [6.07, 6.45) is 4.35. The number of fused-ring (bicyclic) bond motifs is 1. The topological polar surface area (TPSA) is 87.0 Å². The van der Waals surface area contributed by atoms with Gasteiger partial charge in [0, 0.05) is 45.8 Å². The van der Waals surface area contributed by atoms with Crippen molar-refractivity contribution < 1.29 is 26.5 Å². The molecule has 2 unspecified atom stereocenters. The molecule has 45 heavy (non-hydrogen) atoms. The SMILES string of the molecule is Cc1onc(-c2c(F)cccc2Cl)c1C(=O)N(CCN1CCN(S(=O)(=O)c2ccc(F)cc2)CC1)CC1=CCC2CC1C2(C)C. The standard InChI is InChI=1S/C33H37ClF2N4O4S/c1-21-29(31(37-44-21)30-27(34)5-4-6-28(30)36)32(41)39(20-22-7-8-23-19-26(22)33(23,2)3)16-13-38-14-17-40(18-15-38)45(42,43)25-11-9-24(35)10-12-25/h4-7,9-12,23,26H,8,13-20H2,1-3H3. The number of benzene rings is 2. The van der Waals surface area contributed by atoms with E-state index in [2.05, 4.69) is 30.0 Å². The number of rotatable bonds is 9. The predicted molar refractivity (Wildman–Crippen MR) is 167 cm³/mol. The lowest BCUT2D eigenvalue weighted by atomic mass is 9.49. The van der Waals surface area contributed by atoms with Crippen LogP contribution in [0.5, 0.6) is 0 Å². The highest BCUT2D eigenvalue weighted by atomic mass is 35.5. The Labute approximate surface area is 267 Å². The van der Waals surface area contributed by atoms with Crippen molar-refractivity contribution in [1.82, 2.24) is 19.3 Å². The number of hydrogen-bond acceptors (Lipinski definition) is 6. The molecule has 0 radical (unpaired) electrons. The van der Waals surface area contributed by atoms with Gasteiger partial charge in [0.25, 0.3) is 5.91 Å². The van der Waals surface area contributed by atoms with Gasteiger partial charge in [0.05, 0.1) is 15.5 Å². The average molecular weight is 659 g/mol. The third-order valence-electron chi connectivity index (χ3n) is 9.99. The molecule has 0 N–H and O–H groups in total. The van der Waals surface area contributed by atoms with Crippen LogP contribution in [0.3, 0.4) is 0 Å². The molecule has 7 rings (SSSR count). The van der Waals surface area contributed by atoms with Crippen LogP contribution in [0.1, 0.15) is 42.8 Å². The maximum Gasteiger partial charge on any atom is 0.260 e. The van der Waals surface area contributed by atoms with Crippen LogP contribution in [-0.2, 0) is 10.0 Å². The monoisotopic (exact) mass is 658 g/mol. The lowest BCUT2D eigenvalue weighted by Crippen LogP contribution is -2.52. The molecule has 3 aromatic rings. The molecule has 240 valence electrons. The molecule has 4 aliphatic rings. The van der Waals surface area contributed by atoms with E-state index in [0.717, 1.165) is 25.0 Å². The number of piperazine rings is 1. The molecule has 2 fully saturated rings. The zero-order valence-electron chi connectivity index (χ0n) is 25.6. The molecule has 2 atom stereocenters. The lowest BCUT2D eigenvalue weighted by molar-refractivity contribution is -0.0105. The third-order valence-corrected chi connectivity index (χ3v) is 12.2. The molecular weight excluding hydrogens is 622 g/mol. The summed E-state index contributed by atoms with van der Waals surface area (Å²) in [7, 11) is -3.74. The Kier molecular flexibility index (Phi) is 8.66. The Morgan fingerprint density at radius 3 is 2.47 bits per heavy atom. The summed E-state index contributed by atoms with van der Waals surface area (Å²) < 4.78 is 61.4. The number of halogens is 3. The van der Waals surface area contributed by atoms with Gasteiger partial charge in [-0.25, -0.2) is 17.2 Å². The van der Waals surface area contributed by atoms with E-state index >= 15 is 0 Å². The summed E-state index contributed by atoms with van der Waals surface area (Å²) in [5.41, 5.74) is 1.68. The van der Waals surface area contributed by atoms with Crippen LogP contribution < -0.4 is 0 Å². The van der Waals surface area contributed by atoms with E-state index in [9.17, 15) is 22.0 Å². The van der Waals surface area contributed by atoms with E-state index in [-0.39, 0.29) is 56.9 Å². The Bertz CT molecular complexity index is 1710. The van der Waals surface area contributed by atoms with E-state index in [1.165, 1.54) is 34.1 Å². The van der Waals surface area contributed by atoms with Gasteiger partial charge in [-0.3, -0.25) is 9.69 Å². The summed E-state index contributed by atoms with van der Waals surface area (Å²) in [6, 6.07) is 9.16. The zero-order chi connectivity index (χ0) is 32.1. The van der Waals surface area contributed by atoms with Crippen molar-refractivity contribution in [2.24, 2.45) is 17.3 Å². The van der Waals surface area contributed by atoms with Gasteiger partial charge in [0.2, 0.25) is 10.0 Å². The van der Waals surface area contributed by atoms with Crippen molar-refractivity contribution in [3.8, 4) is 11.3 Å². The van der Waals surface area contributed by atoms with Crippen molar-refractivity contribution in [3.63, 3.8) is 0 Å². The summed E-state index contributed by atoms with van der Waals surface area (Å²) in [6.45, 7) is 9.02. The number of amides is 1. The molecule has 3 aliphatic carbocycles. The minimum atomic E-state index is -3.74. The van der Waals surface area contributed by atoms with Crippen LogP contribution in [0.4, 0.5) is 8.78 Å². The summed E-state index contributed by atoms with van der Waals surface area (Å²) >= 11 is 6.37.